The van der Waals surface area contributed by atoms with Crippen molar-refractivity contribution >= 4 is 33.0 Å². The summed E-state index contributed by atoms with van der Waals surface area (Å²) in [5.74, 6) is 0.0628. The molecule has 0 atom stereocenters. The Balaban J connectivity index is 2.13. The van der Waals surface area contributed by atoms with E-state index in [2.05, 4.69) is 18.8 Å². The fraction of sp³-hybridized carbons (Fsp3) is 0.444. The Kier molecular flexibility index (Phi) is 6.41. The number of sulfonamides is 1. The Morgan fingerprint density at radius 1 is 1.31 bits per heavy atom. The smallest absolute Gasteiger partial charge is 0.243 e. The van der Waals surface area contributed by atoms with Gasteiger partial charge in [0.15, 0.2) is 0 Å². The molecule has 0 unspecified atom stereocenters. The number of carbonyl (C=O) groups is 1. The summed E-state index contributed by atoms with van der Waals surface area (Å²) in [6.45, 7) is 6.15. The van der Waals surface area contributed by atoms with Gasteiger partial charge in [0, 0.05) is 18.3 Å². The lowest BCUT2D eigenvalue weighted by Crippen LogP contribution is -2.41. The van der Waals surface area contributed by atoms with Gasteiger partial charge in [0.05, 0.1) is 29.2 Å². The summed E-state index contributed by atoms with van der Waals surface area (Å²) in [6.07, 6.45) is 1.11. The molecule has 0 aliphatic heterocycles. The van der Waals surface area contributed by atoms with E-state index < -0.39 is 10.0 Å². The maximum atomic E-state index is 12.6. The van der Waals surface area contributed by atoms with Crippen molar-refractivity contribution in [1.82, 2.24) is 9.88 Å². The van der Waals surface area contributed by atoms with Gasteiger partial charge in [-0.05, 0) is 24.6 Å². The van der Waals surface area contributed by atoms with E-state index in [0.29, 0.717) is 18.2 Å². The number of hydrogen-bond donors (Lipinski definition) is 0. The molecule has 0 spiro atoms. The molecule has 0 saturated heterocycles. The number of nitrogens with zero attached hydrogens (tertiary/aromatic N) is 3. The predicted molar refractivity (Wildman–Crippen MR) is 106 cm³/mol. The zero-order valence-corrected chi connectivity index (χ0v) is 17.4. The average Bonchev–Trinajstić information content (AvgIpc) is 3.00. The minimum atomic E-state index is -3.57. The van der Waals surface area contributed by atoms with E-state index in [1.807, 2.05) is 18.4 Å². The van der Waals surface area contributed by atoms with E-state index in [0.717, 1.165) is 26.8 Å². The van der Waals surface area contributed by atoms with Crippen LogP contribution >= 0.6 is 11.3 Å². The maximum Gasteiger partial charge on any atom is 0.243 e. The Morgan fingerprint density at radius 2 is 2.00 bits per heavy atom. The predicted octanol–water partition coefficient (Wildman–Crippen LogP) is 3.00. The molecule has 2 aromatic rings. The van der Waals surface area contributed by atoms with E-state index in [9.17, 15) is 13.2 Å². The molecule has 0 N–H and O–H groups in total. The Bertz CT molecular complexity index is 875. The van der Waals surface area contributed by atoms with Gasteiger partial charge in [-0.3, -0.25) is 9.10 Å². The number of anilines is 1. The van der Waals surface area contributed by atoms with Crippen LogP contribution in [-0.2, 0) is 21.4 Å². The van der Waals surface area contributed by atoms with Crippen LogP contribution in [0.4, 0.5) is 5.69 Å². The van der Waals surface area contributed by atoms with Crippen molar-refractivity contribution in [3.05, 3.63) is 45.9 Å². The molecule has 1 heterocycles. The molecule has 0 aliphatic rings. The summed E-state index contributed by atoms with van der Waals surface area (Å²) in [6, 6.07) is 7.10. The van der Waals surface area contributed by atoms with Gasteiger partial charge in [-0.2, -0.15) is 0 Å². The number of rotatable bonds is 7. The van der Waals surface area contributed by atoms with E-state index in [4.69, 9.17) is 0 Å². The summed E-state index contributed by atoms with van der Waals surface area (Å²) >= 11 is 1.57. The molecule has 142 valence electrons. The van der Waals surface area contributed by atoms with Crippen LogP contribution in [0.3, 0.4) is 0 Å². The number of hydrogen-bond acceptors (Lipinski definition) is 5. The van der Waals surface area contributed by atoms with E-state index in [-0.39, 0.29) is 12.5 Å². The highest BCUT2D eigenvalue weighted by Gasteiger charge is 2.23. The highest BCUT2D eigenvalue weighted by atomic mass is 32.2. The van der Waals surface area contributed by atoms with Crippen LogP contribution in [0.25, 0.3) is 0 Å². The zero-order chi connectivity index (χ0) is 19.5. The number of aromatic nitrogens is 1. The quantitative estimate of drug-likeness (QED) is 0.723. The standard InChI is InChI=1S/C18H25N3O3S2/c1-13(2)18-19-15(12-25-18)10-20(4)17(22)11-21(26(5,23)24)16-8-6-7-14(3)9-16/h6-9,12-13H,10-11H2,1-5H3. The lowest BCUT2D eigenvalue weighted by atomic mass is 10.2. The SMILES string of the molecule is Cc1cccc(N(CC(=O)N(C)Cc2csc(C(C)C)n2)S(C)(=O)=O)c1. The van der Waals surface area contributed by atoms with Crippen LogP contribution in [0, 0.1) is 6.92 Å². The number of benzene rings is 1. The normalized spacial score (nSPS) is 11.6. The first kappa shape index (κ1) is 20.4. The Labute approximate surface area is 159 Å². The zero-order valence-electron chi connectivity index (χ0n) is 15.8. The number of likely N-dealkylation sites (N-methyl/N-ethyl adjacent to an activating group) is 1. The van der Waals surface area contributed by atoms with Crippen molar-refractivity contribution in [3.63, 3.8) is 0 Å². The fourth-order valence-corrected chi connectivity index (χ4v) is 4.09. The van der Waals surface area contributed by atoms with Crippen molar-refractivity contribution in [1.29, 1.82) is 0 Å². The van der Waals surface area contributed by atoms with Crippen LogP contribution in [-0.4, -0.2) is 44.1 Å². The number of carbonyl (C=O) groups excluding carboxylic acids is 1. The highest BCUT2D eigenvalue weighted by Crippen LogP contribution is 2.21. The first-order chi connectivity index (χ1) is 12.1. The molecular weight excluding hydrogens is 370 g/mol. The van der Waals surface area contributed by atoms with Crippen molar-refractivity contribution in [3.8, 4) is 0 Å². The molecular formula is C18H25N3O3S2. The molecule has 6 nitrogen and oxygen atoms in total. The molecule has 26 heavy (non-hydrogen) atoms. The second-order valence-corrected chi connectivity index (χ2v) is 9.49. The second-order valence-electron chi connectivity index (χ2n) is 6.69. The lowest BCUT2D eigenvalue weighted by Gasteiger charge is -2.25. The third-order valence-corrected chi connectivity index (χ3v) is 6.19. The van der Waals surface area contributed by atoms with Gasteiger partial charge in [-0.15, -0.1) is 11.3 Å². The fourth-order valence-electron chi connectivity index (χ4n) is 2.42. The van der Waals surface area contributed by atoms with Gasteiger partial charge in [0.1, 0.15) is 6.54 Å². The molecule has 1 amide bonds. The third kappa shape index (κ3) is 5.28. The molecule has 0 saturated carbocycles. The van der Waals surface area contributed by atoms with Crippen molar-refractivity contribution < 1.29 is 13.2 Å². The van der Waals surface area contributed by atoms with E-state index in [1.54, 1.807) is 36.6 Å². The minimum Gasteiger partial charge on any atom is -0.338 e. The maximum absolute atomic E-state index is 12.6. The number of thiazole rings is 1. The summed E-state index contributed by atoms with van der Waals surface area (Å²) in [5, 5.41) is 2.96. The third-order valence-electron chi connectivity index (χ3n) is 3.86. The molecule has 1 aromatic heterocycles. The Hall–Kier alpha value is -1.93. The molecule has 0 radical (unpaired) electrons. The van der Waals surface area contributed by atoms with Crippen LogP contribution in [0.5, 0.6) is 0 Å². The molecule has 0 bridgehead atoms. The molecule has 2 rings (SSSR count). The highest BCUT2D eigenvalue weighted by molar-refractivity contribution is 7.92. The molecule has 1 aromatic carbocycles. The van der Waals surface area contributed by atoms with E-state index in [1.165, 1.54) is 4.90 Å². The van der Waals surface area contributed by atoms with Gasteiger partial charge in [0.2, 0.25) is 15.9 Å². The lowest BCUT2D eigenvalue weighted by molar-refractivity contribution is -0.128. The van der Waals surface area contributed by atoms with Crippen LogP contribution < -0.4 is 4.31 Å². The van der Waals surface area contributed by atoms with Crippen molar-refractivity contribution in [2.45, 2.75) is 33.2 Å². The second kappa shape index (κ2) is 8.18. The summed E-state index contributed by atoms with van der Waals surface area (Å²) in [5.41, 5.74) is 2.24. The molecule has 8 heteroatoms. The van der Waals surface area contributed by atoms with Gasteiger partial charge in [0.25, 0.3) is 0 Å². The first-order valence-electron chi connectivity index (χ1n) is 8.30. The summed E-state index contributed by atoms with van der Waals surface area (Å²) in [4.78, 5) is 18.6. The average molecular weight is 396 g/mol. The van der Waals surface area contributed by atoms with Crippen molar-refractivity contribution in [2.24, 2.45) is 0 Å². The first-order valence-corrected chi connectivity index (χ1v) is 11.0. The van der Waals surface area contributed by atoms with Gasteiger partial charge < -0.3 is 4.90 Å². The van der Waals surface area contributed by atoms with Gasteiger partial charge in [-0.1, -0.05) is 26.0 Å². The monoisotopic (exact) mass is 395 g/mol. The molecule has 0 aliphatic carbocycles. The van der Waals surface area contributed by atoms with Gasteiger partial charge in [-0.25, -0.2) is 13.4 Å². The minimum absolute atomic E-state index is 0.236. The summed E-state index contributed by atoms with van der Waals surface area (Å²) in [7, 11) is -1.91. The van der Waals surface area contributed by atoms with Gasteiger partial charge >= 0.3 is 0 Å². The number of amides is 1. The number of aryl methyl sites for hydroxylation is 1. The van der Waals surface area contributed by atoms with Crippen LogP contribution in [0.2, 0.25) is 0 Å². The van der Waals surface area contributed by atoms with Crippen LogP contribution in [0.15, 0.2) is 29.6 Å². The van der Waals surface area contributed by atoms with Crippen LogP contribution in [0.1, 0.15) is 36.0 Å². The van der Waals surface area contributed by atoms with E-state index >= 15 is 0 Å². The van der Waals surface area contributed by atoms with Crippen molar-refractivity contribution in [2.75, 3.05) is 24.2 Å². The largest absolute Gasteiger partial charge is 0.338 e. The summed E-state index contributed by atoms with van der Waals surface area (Å²) < 4.78 is 25.5. The Morgan fingerprint density at radius 3 is 2.54 bits per heavy atom. The topological polar surface area (TPSA) is 70.6 Å². The molecule has 0 fully saturated rings.